The number of nitrogens with two attached hydrogens (primary N) is 1. The quantitative estimate of drug-likeness (QED) is 0.608. The Hall–Kier alpha value is -1.79. The zero-order valence-corrected chi connectivity index (χ0v) is 10.1. The predicted octanol–water partition coefficient (Wildman–Crippen LogP) is 0.883. The topological polar surface area (TPSA) is 78.2 Å². The zero-order chi connectivity index (χ0) is 12.4. The van der Waals surface area contributed by atoms with Crippen LogP contribution < -0.4 is 16.0 Å². The Morgan fingerprint density at radius 2 is 2.29 bits per heavy atom. The van der Waals surface area contributed by atoms with Crippen LogP contribution in [0, 0.1) is 6.92 Å². The molecule has 0 saturated heterocycles. The fourth-order valence-corrected chi connectivity index (χ4v) is 1.82. The molecule has 0 fully saturated rings. The monoisotopic (exact) mass is 236 g/mol. The molecular formula is C11H16N4O2. The number of aromatic nitrogens is 2. The summed E-state index contributed by atoms with van der Waals surface area (Å²) >= 11 is 0. The third-order valence-corrected chi connectivity index (χ3v) is 2.65. The van der Waals surface area contributed by atoms with Crippen molar-refractivity contribution < 1.29 is 9.15 Å². The summed E-state index contributed by atoms with van der Waals surface area (Å²) in [6.45, 7) is 1.89. The van der Waals surface area contributed by atoms with Crippen molar-refractivity contribution in [3.63, 3.8) is 0 Å². The maximum Gasteiger partial charge on any atom is 0.162 e. The number of hydrogen-bond donors (Lipinski definition) is 2. The van der Waals surface area contributed by atoms with Crippen molar-refractivity contribution in [3.05, 3.63) is 35.5 Å². The molecule has 2 rings (SSSR count). The van der Waals surface area contributed by atoms with Gasteiger partial charge in [-0.25, -0.2) is 5.43 Å². The van der Waals surface area contributed by atoms with E-state index < -0.39 is 0 Å². The Morgan fingerprint density at radius 3 is 2.82 bits per heavy atom. The van der Waals surface area contributed by atoms with Crippen LogP contribution in [0.25, 0.3) is 0 Å². The fourth-order valence-electron chi connectivity index (χ4n) is 1.82. The summed E-state index contributed by atoms with van der Waals surface area (Å²) in [5.41, 5.74) is 3.54. The third kappa shape index (κ3) is 2.04. The van der Waals surface area contributed by atoms with Gasteiger partial charge in [0, 0.05) is 7.05 Å². The molecule has 0 spiro atoms. The standard InChI is InChI=1S/C11H16N4O2/c1-7-4-5-8(17-7)10(14-12)11-9(16-3)6-13-15(11)2/h4-6,10,14H,12H2,1-3H3. The first-order valence-electron chi connectivity index (χ1n) is 5.25. The number of methoxy groups -OCH3 is 1. The van der Waals surface area contributed by atoms with Gasteiger partial charge in [-0.15, -0.1) is 0 Å². The van der Waals surface area contributed by atoms with Gasteiger partial charge in [0.05, 0.1) is 13.3 Å². The van der Waals surface area contributed by atoms with Gasteiger partial charge in [0.15, 0.2) is 5.75 Å². The third-order valence-electron chi connectivity index (χ3n) is 2.65. The van der Waals surface area contributed by atoms with Crippen molar-refractivity contribution >= 4 is 0 Å². The highest BCUT2D eigenvalue weighted by molar-refractivity contribution is 5.33. The van der Waals surface area contributed by atoms with Crippen LogP contribution in [0.4, 0.5) is 0 Å². The second-order valence-electron chi connectivity index (χ2n) is 3.77. The van der Waals surface area contributed by atoms with Gasteiger partial charge in [-0.2, -0.15) is 5.10 Å². The molecular weight excluding hydrogens is 220 g/mol. The average Bonchev–Trinajstić information content (AvgIpc) is 2.89. The summed E-state index contributed by atoms with van der Waals surface area (Å²) in [6.07, 6.45) is 1.65. The molecule has 0 bridgehead atoms. The molecule has 2 aromatic rings. The van der Waals surface area contributed by atoms with Gasteiger partial charge >= 0.3 is 0 Å². The van der Waals surface area contributed by atoms with Crippen LogP contribution in [-0.2, 0) is 7.05 Å². The van der Waals surface area contributed by atoms with Gasteiger partial charge in [-0.3, -0.25) is 10.5 Å². The van der Waals surface area contributed by atoms with Crippen molar-refractivity contribution in [2.75, 3.05) is 7.11 Å². The number of aryl methyl sites for hydroxylation is 2. The number of nitrogens with one attached hydrogen (secondary N) is 1. The van der Waals surface area contributed by atoms with Crippen molar-refractivity contribution in [2.45, 2.75) is 13.0 Å². The smallest absolute Gasteiger partial charge is 0.162 e. The van der Waals surface area contributed by atoms with E-state index in [1.165, 1.54) is 0 Å². The zero-order valence-electron chi connectivity index (χ0n) is 10.1. The van der Waals surface area contributed by atoms with E-state index in [0.29, 0.717) is 5.75 Å². The molecule has 6 heteroatoms. The van der Waals surface area contributed by atoms with E-state index in [1.54, 1.807) is 18.0 Å². The van der Waals surface area contributed by atoms with Gasteiger partial charge in [-0.1, -0.05) is 0 Å². The largest absolute Gasteiger partial charge is 0.493 e. The van der Waals surface area contributed by atoms with Crippen molar-refractivity contribution in [3.8, 4) is 5.75 Å². The molecule has 0 aliphatic carbocycles. The number of nitrogens with zero attached hydrogens (tertiary/aromatic N) is 2. The van der Waals surface area contributed by atoms with E-state index in [2.05, 4.69) is 10.5 Å². The molecule has 1 unspecified atom stereocenters. The van der Waals surface area contributed by atoms with Crippen LogP contribution in [0.2, 0.25) is 0 Å². The van der Waals surface area contributed by atoms with Crippen LogP contribution in [0.1, 0.15) is 23.3 Å². The van der Waals surface area contributed by atoms with E-state index >= 15 is 0 Å². The van der Waals surface area contributed by atoms with Gasteiger partial charge < -0.3 is 9.15 Å². The molecule has 0 aliphatic heterocycles. The summed E-state index contributed by atoms with van der Waals surface area (Å²) in [5.74, 6) is 7.83. The van der Waals surface area contributed by atoms with Crippen LogP contribution >= 0.6 is 0 Å². The van der Waals surface area contributed by atoms with E-state index in [4.69, 9.17) is 15.0 Å². The molecule has 1 atom stereocenters. The summed E-state index contributed by atoms with van der Waals surface area (Å²) in [7, 11) is 3.43. The summed E-state index contributed by atoms with van der Waals surface area (Å²) in [6, 6.07) is 3.49. The molecule has 0 aliphatic rings. The van der Waals surface area contributed by atoms with Crippen LogP contribution in [0.3, 0.4) is 0 Å². The van der Waals surface area contributed by atoms with Crippen LogP contribution in [0.5, 0.6) is 5.75 Å². The van der Waals surface area contributed by atoms with Crippen molar-refractivity contribution in [1.82, 2.24) is 15.2 Å². The number of furan rings is 1. The van der Waals surface area contributed by atoms with E-state index in [-0.39, 0.29) is 6.04 Å². The molecule has 6 nitrogen and oxygen atoms in total. The first-order valence-corrected chi connectivity index (χ1v) is 5.25. The van der Waals surface area contributed by atoms with Crippen molar-refractivity contribution in [2.24, 2.45) is 12.9 Å². The molecule has 92 valence electrons. The first kappa shape index (κ1) is 11.7. The van der Waals surface area contributed by atoms with Gasteiger partial charge in [0.1, 0.15) is 23.3 Å². The highest BCUT2D eigenvalue weighted by atomic mass is 16.5. The highest BCUT2D eigenvalue weighted by Crippen LogP contribution is 2.29. The molecule has 0 aromatic carbocycles. The molecule has 2 aromatic heterocycles. The first-order chi connectivity index (χ1) is 8.17. The van der Waals surface area contributed by atoms with Gasteiger partial charge in [0.2, 0.25) is 0 Å². The Kier molecular flexibility index (Phi) is 3.16. The number of hydrazine groups is 1. The lowest BCUT2D eigenvalue weighted by molar-refractivity contribution is 0.383. The summed E-state index contributed by atoms with van der Waals surface area (Å²) in [4.78, 5) is 0. The lowest BCUT2D eigenvalue weighted by Crippen LogP contribution is -2.30. The second kappa shape index (κ2) is 4.60. The maximum atomic E-state index is 5.59. The number of hydrogen-bond acceptors (Lipinski definition) is 5. The molecule has 3 N–H and O–H groups in total. The average molecular weight is 236 g/mol. The Bertz CT molecular complexity index is 503. The van der Waals surface area contributed by atoms with Crippen molar-refractivity contribution in [1.29, 1.82) is 0 Å². The fraction of sp³-hybridized carbons (Fsp3) is 0.364. The Labute approximate surface area is 99.3 Å². The molecule has 2 heterocycles. The van der Waals surface area contributed by atoms with Crippen LogP contribution in [-0.4, -0.2) is 16.9 Å². The summed E-state index contributed by atoms with van der Waals surface area (Å²) < 4.78 is 12.5. The molecule has 17 heavy (non-hydrogen) atoms. The lowest BCUT2D eigenvalue weighted by Gasteiger charge is -2.15. The predicted molar refractivity (Wildman–Crippen MR) is 62.4 cm³/mol. The normalized spacial score (nSPS) is 12.7. The minimum Gasteiger partial charge on any atom is -0.493 e. The molecule has 0 radical (unpaired) electrons. The maximum absolute atomic E-state index is 5.59. The molecule has 0 amide bonds. The van der Waals surface area contributed by atoms with Gasteiger partial charge in [-0.05, 0) is 19.1 Å². The van der Waals surface area contributed by atoms with E-state index in [9.17, 15) is 0 Å². The lowest BCUT2D eigenvalue weighted by atomic mass is 10.1. The minimum absolute atomic E-state index is 0.286. The van der Waals surface area contributed by atoms with E-state index in [0.717, 1.165) is 17.2 Å². The van der Waals surface area contributed by atoms with Crippen LogP contribution in [0.15, 0.2) is 22.7 Å². The molecule has 0 saturated carbocycles. The minimum atomic E-state index is -0.286. The van der Waals surface area contributed by atoms with Gasteiger partial charge in [0.25, 0.3) is 0 Å². The Balaban J connectivity index is 2.44. The SMILES string of the molecule is COc1cnn(C)c1C(NN)c1ccc(C)o1. The second-order valence-corrected chi connectivity index (χ2v) is 3.77. The Morgan fingerprint density at radius 1 is 1.53 bits per heavy atom. The number of rotatable bonds is 4. The summed E-state index contributed by atoms with van der Waals surface area (Å²) in [5, 5.41) is 4.14. The van der Waals surface area contributed by atoms with E-state index in [1.807, 2.05) is 26.1 Å². The number of ether oxygens (including phenoxy) is 1. The highest BCUT2D eigenvalue weighted by Gasteiger charge is 2.23.